The Morgan fingerprint density at radius 1 is 1.30 bits per heavy atom. The molecular weight excluding hydrogens is 393 g/mol. The van der Waals surface area contributed by atoms with Crippen LogP contribution in [0, 0.1) is 24.0 Å². The van der Waals surface area contributed by atoms with Crippen molar-refractivity contribution in [1.82, 2.24) is 24.9 Å². The van der Waals surface area contributed by atoms with Crippen molar-refractivity contribution in [1.29, 1.82) is 0 Å². The number of halogens is 4. The van der Waals surface area contributed by atoms with Crippen LogP contribution in [0.3, 0.4) is 0 Å². The van der Waals surface area contributed by atoms with Gasteiger partial charge >= 0.3 is 11.9 Å². The predicted octanol–water partition coefficient (Wildman–Crippen LogP) is 2.63. The van der Waals surface area contributed by atoms with E-state index in [-0.39, 0.29) is 42.3 Å². The van der Waals surface area contributed by atoms with Gasteiger partial charge in [0.15, 0.2) is 5.69 Å². The Balaban J connectivity index is 2.00. The lowest BCUT2D eigenvalue weighted by molar-refractivity contribution is -0.385. The van der Waals surface area contributed by atoms with Gasteiger partial charge in [0.25, 0.3) is 5.91 Å². The first kappa shape index (κ1) is 20.7. The van der Waals surface area contributed by atoms with E-state index in [4.69, 9.17) is 11.6 Å². The Bertz CT molecular complexity index is 890. The summed E-state index contributed by atoms with van der Waals surface area (Å²) in [4.78, 5) is 22.5. The van der Waals surface area contributed by atoms with E-state index in [1.165, 1.54) is 25.6 Å². The van der Waals surface area contributed by atoms with Crippen molar-refractivity contribution in [3.05, 3.63) is 37.9 Å². The summed E-state index contributed by atoms with van der Waals surface area (Å²) >= 11 is 5.66. The van der Waals surface area contributed by atoms with Gasteiger partial charge in [-0.3, -0.25) is 24.3 Å². The number of carbonyl (C=O) groups excluding carboxylic acids is 1. The lowest BCUT2D eigenvalue weighted by atomic mass is 10.3. The molecule has 1 amide bonds. The fourth-order valence-corrected chi connectivity index (χ4v) is 2.65. The van der Waals surface area contributed by atoms with Crippen molar-refractivity contribution in [2.24, 2.45) is 7.05 Å². The van der Waals surface area contributed by atoms with Gasteiger partial charge in [0, 0.05) is 20.1 Å². The summed E-state index contributed by atoms with van der Waals surface area (Å²) in [5.74, 6) is -0.739. The lowest BCUT2D eigenvalue weighted by Gasteiger charge is -2.06. The van der Waals surface area contributed by atoms with Crippen molar-refractivity contribution in [2.75, 3.05) is 6.54 Å². The standard InChI is InChI=1S/C14H16ClF3N6O3/c1-7-9(15)12(14(16,17)18)21-23(7)6-4-5-19-13(25)10-11(24(26)27)8(2)22(3)20-10/h4-6H2,1-3H3,(H,19,25). The number of nitrogens with zero attached hydrogens (tertiary/aromatic N) is 5. The summed E-state index contributed by atoms with van der Waals surface area (Å²) < 4.78 is 40.7. The molecule has 0 saturated carbocycles. The number of hydrogen-bond acceptors (Lipinski definition) is 5. The van der Waals surface area contributed by atoms with Gasteiger partial charge in [0.1, 0.15) is 5.69 Å². The Morgan fingerprint density at radius 2 is 1.93 bits per heavy atom. The van der Waals surface area contributed by atoms with E-state index < -0.39 is 27.7 Å². The predicted molar refractivity (Wildman–Crippen MR) is 88.5 cm³/mol. The van der Waals surface area contributed by atoms with E-state index in [1.54, 1.807) is 0 Å². The first-order valence-corrected chi connectivity index (χ1v) is 8.09. The van der Waals surface area contributed by atoms with Gasteiger partial charge in [-0.05, 0) is 20.3 Å². The molecule has 0 atom stereocenters. The average Bonchev–Trinajstić information content (AvgIpc) is 3.02. The SMILES string of the molecule is Cc1c([N+](=O)[O-])c(C(=O)NCCCn2nc(C(F)(F)F)c(Cl)c2C)nn1C. The molecule has 2 aromatic heterocycles. The second-order valence-corrected chi connectivity index (χ2v) is 6.12. The minimum Gasteiger partial charge on any atom is -0.350 e. The van der Waals surface area contributed by atoms with Crippen LogP contribution in [0.4, 0.5) is 18.9 Å². The number of alkyl halides is 3. The molecule has 0 fully saturated rings. The minimum absolute atomic E-state index is 0.0594. The second-order valence-electron chi connectivity index (χ2n) is 5.74. The molecule has 2 rings (SSSR count). The Kier molecular flexibility index (Phi) is 5.78. The van der Waals surface area contributed by atoms with E-state index in [9.17, 15) is 28.1 Å². The first-order chi connectivity index (χ1) is 12.4. The van der Waals surface area contributed by atoms with Gasteiger partial charge in [0.2, 0.25) is 5.69 Å². The van der Waals surface area contributed by atoms with Crippen LogP contribution in [0.15, 0.2) is 0 Å². The second kappa shape index (κ2) is 7.55. The van der Waals surface area contributed by atoms with Crippen LogP contribution in [0.2, 0.25) is 5.02 Å². The maximum Gasteiger partial charge on any atom is 0.436 e. The smallest absolute Gasteiger partial charge is 0.350 e. The third-order valence-electron chi connectivity index (χ3n) is 3.93. The number of nitrogens with one attached hydrogen (secondary N) is 1. The molecule has 0 saturated heterocycles. The van der Waals surface area contributed by atoms with Gasteiger partial charge in [0.05, 0.1) is 15.6 Å². The zero-order valence-corrected chi connectivity index (χ0v) is 15.3. The van der Waals surface area contributed by atoms with Crippen molar-refractivity contribution in [3.63, 3.8) is 0 Å². The summed E-state index contributed by atoms with van der Waals surface area (Å²) in [7, 11) is 1.47. The number of aromatic nitrogens is 4. The average molecular weight is 409 g/mol. The summed E-state index contributed by atoms with van der Waals surface area (Å²) in [6.07, 6.45) is -4.42. The monoisotopic (exact) mass is 408 g/mol. The maximum atomic E-state index is 12.8. The van der Waals surface area contributed by atoms with Crippen LogP contribution in [0.5, 0.6) is 0 Å². The molecule has 1 N–H and O–H groups in total. The number of amides is 1. The molecule has 0 aromatic carbocycles. The van der Waals surface area contributed by atoms with Crippen LogP contribution in [-0.2, 0) is 19.8 Å². The van der Waals surface area contributed by atoms with Crippen molar-refractivity contribution in [3.8, 4) is 0 Å². The minimum atomic E-state index is -4.66. The Morgan fingerprint density at radius 3 is 2.44 bits per heavy atom. The zero-order valence-electron chi connectivity index (χ0n) is 14.6. The van der Waals surface area contributed by atoms with E-state index in [1.807, 2.05) is 0 Å². The number of nitro groups is 1. The lowest BCUT2D eigenvalue weighted by Crippen LogP contribution is -2.26. The van der Waals surface area contributed by atoms with E-state index in [0.29, 0.717) is 0 Å². The summed E-state index contributed by atoms with van der Waals surface area (Å²) in [6, 6.07) is 0. The van der Waals surface area contributed by atoms with Gasteiger partial charge in [-0.15, -0.1) is 0 Å². The zero-order chi connectivity index (χ0) is 20.5. The molecule has 0 unspecified atom stereocenters. The number of aryl methyl sites for hydroxylation is 2. The summed E-state index contributed by atoms with van der Waals surface area (Å²) in [5.41, 5.74) is -1.49. The maximum absolute atomic E-state index is 12.8. The highest BCUT2D eigenvalue weighted by molar-refractivity contribution is 6.31. The fourth-order valence-electron chi connectivity index (χ4n) is 2.41. The van der Waals surface area contributed by atoms with Crippen molar-refractivity contribution < 1.29 is 22.9 Å². The van der Waals surface area contributed by atoms with Crippen LogP contribution >= 0.6 is 11.6 Å². The number of rotatable bonds is 6. The van der Waals surface area contributed by atoms with E-state index >= 15 is 0 Å². The summed E-state index contributed by atoms with van der Waals surface area (Å²) in [5, 5.41) is 20.4. The molecule has 13 heteroatoms. The highest BCUT2D eigenvalue weighted by atomic mass is 35.5. The molecule has 2 heterocycles. The topological polar surface area (TPSA) is 108 Å². The highest BCUT2D eigenvalue weighted by Gasteiger charge is 2.38. The molecule has 0 radical (unpaired) electrons. The summed E-state index contributed by atoms with van der Waals surface area (Å²) in [6.45, 7) is 3.00. The van der Waals surface area contributed by atoms with Gasteiger partial charge in [-0.2, -0.15) is 23.4 Å². The van der Waals surface area contributed by atoms with Crippen LogP contribution in [-0.4, -0.2) is 36.9 Å². The Hall–Kier alpha value is -2.63. The molecule has 0 bridgehead atoms. The van der Waals surface area contributed by atoms with Crippen molar-refractivity contribution in [2.45, 2.75) is 33.0 Å². The van der Waals surface area contributed by atoms with Gasteiger partial charge < -0.3 is 5.32 Å². The fraction of sp³-hybridized carbons (Fsp3) is 0.500. The molecule has 0 spiro atoms. The molecule has 2 aromatic rings. The third kappa shape index (κ3) is 4.21. The van der Waals surface area contributed by atoms with E-state index in [0.717, 1.165) is 4.68 Å². The van der Waals surface area contributed by atoms with Gasteiger partial charge in [-0.25, -0.2) is 0 Å². The highest BCUT2D eigenvalue weighted by Crippen LogP contribution is 2.35. The van der Waals surface area contributed by atoms with Gasteiger partial charge in [-0.1, -0.05) is 11.6 Å². The number of carbonyl (C=O) groups is 1. The molecule has 27 heavy (non-hydrogen) atoms. The molecular formula is C14H16ClF3N6O3. The van der Waals surface area contributed by atoms with Crippen LogP contribution in [0.1, 0.15) is 34.0 Å². The van der Waals surface area contributed by atoms with E-state index in [2.05, 4.69) is 15.5 Å². The normalized spacial score (nSPS) is 11.7. The quantitative estimate of drug-likeness (QED) is 0.449. The number of hydrogen-bond donors (Lipinski definition) is 1. The largest absolute Gasteiger partial charge is 0.436 e. The van der Waals surface area contributed by atoms with Crippen molar-refractivity contribution >= 4 is 23.2 Å². The molecule has 0 aliphatic carbocycles. The third-order valence-corrected chi connectivity index (χ3v) is 4.39. The molecule has 9 nitrogen and oxygen atoms in total. The molecule has 148 valence electrons. The van der Waals surface area contributed by atoms with Crippen LogP contribution in [0.25, 0.3) is 0 Å². The Labute approximate surface area is 156 Å². The molecule has 0 aliphatic rings. The molecule has 0 aliphatic heterocycles. The van der Waals surface area contributed by atoms with Crippen LogP contribution < -0.4 is 5.32 Å². The first-order valence-electron chi connectivity index (χ1n) is 7.71.